The Labute approximate surface area is 85.4 Å². The Morgan fingerprint density at radius 2 is 2.29 bits per heavy atom. The van der Waals surface area contributed by atoms with Gasteiger partial charge in [-0.3, -0.25) is 15.2 Å². The molecule has 1 aromatic rings. The van der Waals surface area contributed by atoms with Crippen molar-refractivity contribution < 1.29 is 9.18 Å². The molecular formula is C9H8ClFN2O. The predicted molar refractivity (Wildman–Crippen MR) is 51.5 cm³/mol. The van der Waals surface area contributed by atoms with Crippen molar-refractivity contribution in [3.8, 4) is 0 Å². The molecule has 1 amide bonds. The SMILES string of the molecule is O=C1CCN(c2ccc(F)cc2Cl)N1. The van der Waals surface area contributed by atoms with Crippen LogP contribution in [0.4, 0.5) is 10.1 Å². The summed E-state index contributed by atoms with van der Waals surface area (Å²) in [5, 5.41) is 1.91. The number of hydrazine groups is 1. The van der Waals surface area contributed by atoms with Crippen LogP contribution in [0.3, 0.4) is 0 Å². The van der Waals surface area contributed by atoms with Crippen LogP contribution in [0.15, 0.2) is 18.2 Å². The van der Waals surface area contributed by atoms with Gasteiger partial charge < -0.3 is 0 Å². The minimum Gasteiger partial charge on any atom is -0.284 e. The van der Waals surface area contributed by atoms with Crippen molar-refractivity contribution >= 4 is 23.2 Å². The van der Waals surface area contributed by atoms with Gasteiger partial charge >= 0.3 is 0 Å². The highest BCUT2D eigenvalue weighted by molar-refractivity contribution is 6.33. The number of carbonyl (C=O) groups is 1. The van der Waals surface area contributed by atoms with Gasteiger partial charge in [-0.2, -0.15) is 0 Å². The van der Waals surface area contributed by atoms with Crippen LogP contribution >= 0.6 is 11.6 Å². The molecule has 1 N–H and O–H groups in total. The molecule has 5 heteroatoms. The fourth-order valence-corrected chi connectivity index (χ4v) is 1.63. The van der Waals surface area contributed by atoms with Crippen LogP contribution in [0.1, 0.15) is 6.42 Å². The molecule has 74 valence electrons. The summed E-state index contributed by atoms with van der Waals surface area (Å²) in [5.41, 5.74) is 3.24. The van der Waals surface area contributed by atoms with E-state index in [0.29, 0.717) is 23.7 Å². The number of halogens is 2. The maximum absolute atomic E-state index is 12.7. The summed E-state index contributed by atoms with van der Waals surface area (Å²) in [4.78, 5) is 10.9. The largest absolute Gasteiger partial charge is 0.284 e. The summed E-state index contributed by atoms with van der Waals surface area (Å²) in [5.74, 6) is -0.435. The number of nitrogens with one attached hydrogen (secondary N) is 1. The van der Waals surface area contributed by atoms with E-state index in [1.54, 1.807) is 11.1 Å². The third kappa shape index (κ3) is 1.65. The lowest BCUT2D eigenvalue weighted by Gasteiger charge is -2.18. The number of benzene rings is 1. The van der Waals surface area contributed by atoms with Crippen molar-refractivity contribution in [2.45, 2.75) is 6.42 Å². The molecule has 14 heavy (non-hydrogen) atoms. The highest BCUT2D eigenvalue weighted by Crippen LogP contribution is 2.26. The van der Waals surface area contributed by atoms with Crippen LogP contribution in [-0.4, -0.2) is 12.5 Å². The lowest BCUT2D eigenvalue weighted by molar-refractivity contribution is -0.119. The van der Waals surface area contributed by atoms with Crippen molar-refractivity contribution in [3.05, 3.63) is 29.0 Å². The molecule has 1 fully saturated rings. The number of hydrogen-bond donors (Lipinski definition) is 1. The molecule has 0 radical (unpaired) electrons. The van der Waals surface area contributed by atoms with E-state index < -0.39 is 0 Å². The lowest BCUT2D eigenvalue weighted by atomic mass is 10.3. The first-order valence-corrected chi connectivity index (χ1v) is 4.57. The van der Waals surface area contributed by atoms with Crippen LogP contribution in [-0.2, 0) is 4.79 Å². The first-order valence-electron chi connectivity index (χ1n) is 4.19. The van der Waals surface area contributed by atoms with Crippen LogP contribution in [0.25, 0.3) is 0 Å². The number of anilines is 1. The monoisotopic (exact) mass is 214 g/mol. The van der Waals surface area contributed by atoms with Gasteiger partial charge in [0.1, 0.15) is 5.82 Å². The second kappa shape index (κ2) is 3.46. The standard InChI is InChI=1S/C9H8ClFN2O/c10-7-5-6(11)1-2-8(7)13-4-3-9(14)12-13/h1-2,5H,3-4H2,(H,12,14). The first kappa shape index (κ1) is 9.27. The summed E-state index contributed by atoms with van der Waals surface area (Å²) in [6.45, 7) is 0.560. The maximum Gasteiger partial charge on any atom is 0.240 e. The molecule has 0 aromatic heterocycles. The Morgan fingerprint density at radius 1 is 1.50 bits per heavy atom. The van der Waals surface area contributed by atoms with Gasteiger partial charge in [-0.05, 0) is 18.2 Å². The fraction of sp³-hybridized carbons (Fsp3) is 0.222. The van der Waals surface area contributed by atoms with Crippen molar-refractivity contribution in [2.24, 2.45) is 0 Å². The molecule has 0 saturated carbocycles. The van der Waals surface area contributed by atoms with Crippen molar-refractivity contribution in [1.82, 2.24) is 5.43 Å². The van der Waals surface area contributed by atoms with Crippen LogP contribution < -0.4 is 10.4 Å². The minimum absolute atomic E-state index is 0.0506. The number of carbonyl (C=O) groups excluding carboxylic acids is 1. The normalized spacial score (nSPS) is 15.9. The van der Waals surface area contributed by atoms with E-state index in [0.717, 1.165) is 0 Å². The Kier molecular flexibility index (Phi) is 2.29. The Balaban J connectivity index is 2.28. The number of nitrogens with zero attached hydrogens (tertiary/aromatic N) is 1. The molecule has 0 aliphatic carbocycles. The topological polar surface area (TPSA) is 32.3 Å². The van der Waals surface area contributed by atoms with Gasteiger partial charge in [-0.25, -0.2) is 4.39 Å². The fourth-order valence-electron chi connectivity index (χ4n) is 1.36. The zero-order valence-electron chi connectivity index (χ0n) is 7.26. The molecule has 0 unspecified atom stereocenters. The minimum atomic E-state index is -0.385. The molecule has 0 spiro atoms. The van der Waals surface area contributed by atoms with Gasteiger partial charge in [0.15, 0.2) is 0 Å². The second-order valence-corrected chi connectivity index (χ2v) is 3.44. The van der Waals surface area contributed by atoms with Gasteiger partial charge in [-0.1, -0.05) is 11.6 Å². The third-order valence-electron chi connectivity index (χ3n) is 2.02. The molecule has 1 aliphatic heterocycles. The average molecular weight is 215 g/mol. The van der Waals surface area contributed by atoms with E-state index in [4.69, 9.17) is 11.6 Å². The summed E-state index contributed by atoms with van der Waals surface area (Å²) in [6, 6.07) is 4.08. The third-order valence-corrected chi connectivity index (χ3v) is 2.33. The molecular weight excluding hydrogens is 207 g/mol. The average Bonchev–Trinajstić information content (AvgIpc) is 2.51. The zero-order chi connectivity index (χ0) is 10.1. The molecule has 1 heterocycles. The van der Waals surface area contributed by atoms with E-state index in [1.165, 1.54) is 12.1 Å². The summed E-state index contributed by atoms with van der Waals surface area (Å²) in [7, 11) is 0. The molecule has 0 bridgehead atoms. The van der Waals surface area contributed by atoms with Crippen LogP contribution in [0.5, 0.6) is 0 Å². The quantitative estimate of drug-likeness (QED) is 0.772. The van der Waals surface area contributed by atoms with Gasteiger partial charge in [-0.15, -0.1) is 0 Å². The van der Waals surface area contributed by atoms with E-state index in [1.807, 2.05) is 0 Å². The van der Waals surface area contributed by atoms with Gasteiger partial charge in [0.05, 0.1) is 10.7 Å². The highest BCUT2D eigenvalue weighted by Gasteiger charge is 2.20. The molecule has 3 nitrogen and oxygen atoms in total. The van der Waals surface area contributed by atoms with E-state index >= 15 is 0 Å². The lowest BCUT2D eigenvalue weighted by Crippen LogP contribution is -2.33. The zero-order valence-corrected chi connectivity index (χ0v) is 8.01. The Morgan fingerprint density at radius 3 is 2.86 bits per heavy atom. The highest BCUT2D eigenvalue weighted by atomic mass is 35.5. The van der Waals surface area contributed by atoms with Gasteiger partial charge in [0.25, 0.3) is 0 Å². The van der Waals surface area contributed by atoms with Crippen LogP contribution in [0.2, 0.25) is 5.02 Å². The van der Waals surface area contributed by atoms with Crippen molar-refractivity contribution in [3.63, 3.8) is 0 Å². The summed E-state index contributed by atoms with van der Waals surface area (Å²) >= 11 is 5.82. The Bertz CT molecular complexity index is 383. The number of rotatable bonds is 1. The molecule has 1 aromatic carbocycles. The molecule has 1 aliphatic rings. The Hall–Kier alpha value is -1.29. The van der Waals surface area contributed by atoms with E-state index in [9.17, 15) is 9.18 Å². The summed E-state index contributed by atoms with van der Waals surface area (Å²) < 4.78 is 12.7. The second-order valence-electron chi connectivity index (χ2n) is 3.03. The maximum atomic E-state index is 12.7. The smallest absolute Gasteiger partial charge is 0.240 e. The number of hydrogen-bond acceptors (Lipinski definition) is 2. The van der Waals surface area contributed by atoms with Crippen molar-refractivity contribution in [2.75, 3.05) is 11.6 Å². The number of amides is 1. The van der Waals surface area contributed by atoms with E-state index in [2.05, 4.69) is 5.43 Å². The van der Waals surface area contributed by atoms with E-state index in [-0.39, 0.29) is 11.7 Å². The molecule has 0 atom stereocenters. The van der Waals surface area contributed by atoms with Gasteiger partial charge in [0.2, 0.25) is 5.91 Å². The predicted octanol–water partition coefficient (Wildman–Crippen LogP) is 1.72. The van der Waals surface area contributed by atoms with Crippen molar-refractivity contribution in [1.29, 1.82) is 0 Å². The summed E-state index contributed by atoms with van der Waals surface area (Å²) in [6.07, 6.45) is 0.438. The van der Waals surface area contributed by atoms with Crippen LogP contribution in [0, 0.1) is 5.82 Å². The first-order chi connectivity index (χ1) is 6.66. The van der Waals surface area contributed by atoms with Gasteiger partial charge in [0, 0.05) is 13.0 Å². The molecule has 2 rings (SSSR count). The molecule has 1 saturated heterocycles.